The SMILES string of the molecule is CN(Cc1ccc(C(F)(F)F)c(F)c1)[C@@H]1CN(C(=O)CNCCC#N)C[C@@H]1c1ccc(Cl)c(Cl)c1. The average molecular weight is 531 g/mol. The van der Waals surface area contributed by atoms with Crippen LogP contribution < -0.4 is 5.32 Å². The summed E-state index contributed by atoms with van der Waals surface area (Å²) in [5.41, 5.74) is -0.0597. The Hall–Kier alpha value is -2.38. The molecule has 5 nitrogen and oxygen atoms in total. The van der Waals surface area contributed by atoms with Gasteiger partial charge in [0.05, 0.1) is 28.2 Å². The van der Waals surface area contributed by atoms with E-state index in [0.29, 0.717) is 35.2 Å². The Morgan fingerprint density at radius 3 is 2.57 bits per heavy atom. The molecule has 1 amide bonds. The quantitative estimate of drug-likeness (QED) is 0.382. The minimum absolute atomic E-state index is 0.0797. The molecule has 11 heteroatoms. The minimum Gasteiger partial charge on any atom is -0.339 e. The zero-order valence-corrected chi connectivity index (χ0v) is 20.4. The predicted octanol–water partition coefficient (Wildman–Crippen LogP) is 5.08. The fourth-order valence-electron chi connectivity index (χ4n) is 4.25. The van der Waals surface area contributed by atoms with Crippen LogP contribution in [0.2, 0.25) is 10.0 Å². The number of hydrogen-bond donors (Lipinski definition) is 1. The maximum absolute atomic E-state index is 14.1. The molecule has 2 aromatic carbocycles. The van der Waals surface area contributed by atoms with Gasteiger partial charge in [0.15, 0.2) is 0 Å². The molecule has 35 heavy (non-hydrogen) atoms. The maximum Gasteiger partial charge on any atom is 0.419 e. The van der Waals surface area contributed by atoms with Gasteiger partial charge in [-0.25, -0.2) is 4.39 Å². The fourth-order valence-corrected chi connectivity index (χ4v) is 4.56. The van der Waals surface area contributed by atoms with Crippen LogP contribution in [0.15, 0.2) is 36.4 Å². The van der Waals surface area contributed by atoms with E-state index in [9.17, 15) is 22.4 Å². The summed E-state index contributed by atoms with van der Waals surface area (Å²) < 4.78 is 52.8. The van der Waals surface area contributed by atoms with Gasteiger partial charge in [0.25, 0.3) is 0 Å². The number of carbonyl (C=O) groups is 1. The largest absolute Gasteiger partial charge is 0.419 e. The zero-order valence-electron chi connectivity index (χ0n) is 18.9. The summed E-state index contributed by atoms with van der Waals surface area (Å²) in [5.74, 6) is -1.61. The highest BCUT2D eigenvalue weighted by Gasteiger charge is 2.39. The Labute approximate surface area is 211 Å². The van der Waals surface area contributed by atoms with Gasteiger partial charge in [-0.2, -0.15) is 18.4 Å². The molecule has 1 N–H and O–H groups in total. The normalized spacial score (nSPS) is 18.2. The number of nitrogens with zero attached hydrogens (tertiary/aromatic N) is 3. The second-order valence-corrected chi connectivity index (χ2v) is 9.27. The third-order valence-electron chi connectivity index (χ3n) is 6.04. The number of nitrogens with one attached hydrogen (secondary N) is 1. The predicted molar refractivity (Wildman–Crippen MR) is 126 cm³/mol. The van der Waals surface area contributed by atoms with Crippen LogP contribution in [0.1, 0.15) is 29.0 Å². The minimum atomic E-state index is -4.76. The van der Waals surface area contributed by atoms with Crippen LogP contribution in [-0.2, 0) is 17.5 Å². The standard InChI is InChI=1S/C24H24Cl2F4N4O/c1-33(12-15-3-5-18(21(27)9-15)24(28,29)30)22-14-34(23(35)11-32-8-2-7-31)13-17(22)16-4-6-19(25)20(26)10-16/h3-6,9-10,17,22,32H,2,8,11-14H2,1H3/t17-,22-/m1/s1. The van der Waals surface area contributed by atoms with Gasteiger partial charge in [-0.3, -0.25) is 9.69 Å². The smallest absolute Gasteiger partial charge is 0.339 e. The number of amides is 1. The summed E-state index contributed by atoms with van der Waals surface area (Å²) in [6.45, 7) is 1.42. The van der Waals surface area contributed by atoms with Crippen LogP contribution in [0.4, 0.5) is 17.6 Å². The number of carbonyl (C=O) groups excluding carboxylic acids is 1. The number of likely N-dealkylation sites (N-methyl/N-ethyl adjacent to an activating group) is 1. The van der Waals surface area contributed by atoms with Crippen molar-refractivity contribution < 1.29 is 22.4 Å². The molecule has 2 aromatic rings. The molecule has 0 aliphatic carbocycles. The maximum atomic E-state index is 14.1. The van der Waals surface area contributed by atoms with Crippen molar-refractivity contribution in [2.45, 2.75) is 31.1 Å². The third kappa shape index (κ3) is 6.85. The van der Waals surface area contributed by atoms with E-state index in [1.807, 2.05) is 17.0 Å². The molecule has 1 fully saturated rings. The van der Waals surface area contributed by atoms with Crippen molar-refractivity contribution >= 4 is 29.1 Å². The highest BCUT2D eigenvalue weighted by molar-refractivity contribution is 6.42. The zero-order chi connectivity index (χ0) is 25.8. The van der Waals surface area contributed by atoms with Crippen molar-refractivity contribution in [3.05, 3.63) is 69.0 Å². The van der Waals surface area contributed by atoms with Crippen LogP contribution in [0.25, 0.3) is 0 Å². The summed E-state index contributed by atoms with van der Waals surface area (Å²) in [5, 5.41) is 12.4. The summed E-state index contributed by atoms with van der Waals surface area (Å²) in [7, 11) is 1.78. The molecule has 0 aromatic heterocycles. The van der Waals surface area contributed by atoms with Crippen molar-refractivity contribution in [1.29, 1.82) is 5.26 Å². The molecule has 188 valence electrons. The molecular weight excluding hydrogens is 507 g/mol. The van der Waals surface area contributed by atoms with Crippen molar-refractivity contribution in [1.82, 2.24) is 15.1 Å². The van der Waals surface area contributed by atoms with Gasteiger partial charge in [-0.05, 0) is 42.4 Å². The lowest BCUT2D eigenvalue weighted by atomic mass is 9.93. The number of rotatable bonds is 8. The molecule has 1 saturated heterocycles. The number of nitriles is 1. The number of alkyl halides is 3. The van der Waals surface area contributed by atoms with Crippen molar-refractivity contribution in [3.63, 3.8) is 0 Å². The van der Waals surface area contributed by atoms with Crippen LogP contribution in [0, 0.1) is 17.1 Å². The van der Waals surface area contributed by atoms with Gasteiger partial charge in [0.2, 0.25) is 5.91 Å². The molecule has 0 bridgehead atoms. The molecule has 0 radical (unpaired) electrons. The monoisotopic (exact) mass is 530 g/mol. The Balaban J connectivity index is 1.80. The van der Waals surface area contributed by atoms with Gasteiger partial charge in [0, 0.05) is 44.6 Å². The van der Waals surface area contributed by atoms with E-state index in [1.165, 1.54) is 6.07 Å². The topological polar surface area (TPSA) is 59.4 Å². The molecule has 0 unspecified atom stereocenters. The van der Waals surface area contributed by atoms with Gasteiger partial charge >= 0.3 is 6.18 Å². The first-order chi connectivity index (χ1) is 16.5. The van der Waals surface area contributed by atoms with Crippen molar-refractivity contribution in [3.8, 4) is 6.07 Å². The molecule has 3 rings (SSSR count). The molecule has 0 spiro atoms. The highest BCUT2D eigenvalue weighted by Crippen LogP contribution is 2.35. The third-order valence-corrected chi connectivity index (χ3v) is 6.78. The molecule has 2 atom stereocenters. The van der Waals surface area contributed by atoms with E-state index in [1.54, 1.807) is 24.1 Å². The number of halogens is 6. The van der Waals surface area contributed by atoms with Crippen molar-refractivity contribution in [2.75, 3.05) is 33.2 Å². The van der Waals surface area contributed by atoms with Crippen LogP contribution in [0.3, 0.4) is 0 Å². The van der Waals surface area contributed by atoms with E-state index in [-0.39, 0.29) is 37.4 Å². The van der Waals surface area contributed by atoms with Crippen LogP contribution >= 0.6 is 23.2 Å². The molecular formula is C24H24Cl2F4N4O. The molecule has 1 aliphatic heterocycles. The summed E-state index contributed by atoms with van der Waals surface area (Å²) >= 11 is 12.3. The lowest BCUT2D eigenvalue weighted by Gasteiger charge is -2.29. The summed E-state index contributed by atoms with van der Waals surface area (Å²) in [6, 6.07) is 9.94. The second kappa shape index (κ2) is 11.6. The lowest BCUT2D eigenvalue weighted by molar-refractivity contribution is -0.140. The molecule has 0 saturated carbocycles. The first-order valence-corrected chi connectivity index (χ1v) is 11.6. The van der Waals surface area contributed by atoms with E-state index in [0.717, 1.165) is 17.7 Å². The number of benzene rings is 2. The average Bonchev–Trinajstić information content (AvgIpc) is 3.23. The first-order valence-electron chi connectivity index (χ1n) is 10.9. The highest BCUT2D eigenvalue weighted by atomic mass is 35.5. The lowest BCUT2D eigenvalue weighted by Crippen LogP contribution is -2.40. The van der Waals surface area contributed by atoms with Gasteiger partial charge < -0.3 is 10.2 Å². The van der Waals surface area contributed by atoms with E-state index < -0.39 is 17.6 Å². The Bertz CT molecular complexity index is 1110. The second-order valence-electron chi connectivity index (χ2n) is 8.46. The van der Waals surface area contributed by atoms with E-state index in [4.69, 9.17) is 28.5 Å². The Kier molecular flexibility index (Phi) is 9.00. The summed E-state index contributed by atoms with van der Waals surface area (Å²) in [6.07, 6.45) is -4.48. The van der Waals surface area contributed by atoms with Crippen LogP contribution in [-0.4, -0.2) is 55.0 Å². The van der Waals surface area contributed by atoms with E-state index in [2.05, 4.69) is 5.32 Å². The first kappa shape index (κ1) is 27.2. The Morgan fingerprint density at radius 2 is 1.94 bits per heavy atom. The Morgan fingerprint density at radius 1 is 1.20 bits per heavy atom. The van der Waals surface area contributed by atoms with E-state index >= 15 is 0 Å². The molecule has 1 heterocycles. The van der Waals surface area contributed by atoms with Gasteiger partial charge in [0.1, 0.15) is 5.82 Å². The fraction of sp³-hybridized carbons (Fsp3) is 0.417. The van der Waals surface area contributed by atoms with Crippen LogP contribution in [0.5, 0.6) is 0 Å². The molecule has 1 aliphatic rings. The van der Waals surface area contributed by atoms with Crippen molar-refractivity contribution in [2.24, 2.45) is 0 Å². The number of hydrogen-bond acceptors (Lipinski definition) is 4. The summed E-state index contributed by atoms with van der Waals surface area (Å²) in [4.78, 5) is 16.4. The van der Waals surface area contributed by atoms with Gasteiger partial charge in [-0.1, -0.05) is 35.3 Å². The number of likely N-dealkylation sites (tertiary alicyclic amines) is 1. The van der Waals surface area contributed by atoms with Gasteiger partial charge in [-0.15, -0.1) is 0 Å².